The van der Waals surface area contributed by atoms with E-state index in [0.29, 0.717) is 12.0 Å². The average Bonchev–Trinajstić information content (AvgIpc) is 2.68. The lowest BCUT2D eigenvalue weighted by molar-refractivity contribution is 0.0645. The smallest absolute Gasteiger partial charge is 0.264 e. The van der Waals surface area contributed by atoms with Gasteiger partial charge >= 0.3 is 0 Å². The van der Waals surface area contributed by atoms with E-state index in [1.807, 2.05) is 13.0 Å². The van der Waals surface area contributed by atoms with Crippen molar-refractivity contribution in [2.45, 2.75) is 53.5 Å². The van der Waals surface area contributed by atoms with Crippen molar-refractivity contribution >= 4 is 33.2 Å². The van der Waals surface area contributed by atoms with Crippen LogP contribution in [-0.2, 0) is 0 Å². The summed E-state index contributed by atoms with van der Waals surface area (Å²) in [6.45, 7) is 11.5. The van der Waals surface area contributed by atoms with Crippen LogP contribution in [0.3, 0.4) is 0 Å². The summed E-state index contributed by atoms with van der Waals surface area (Å²) in [5.41, 5.74) is 1.14. The maximum absolute atomic E-state index is 12.7. The Balaban J connectivity index is 2.99. The molecule has 1 rings (SSSR count). The van der Waals surface area contributed by atoms with Crippen molar-refractivity contribution in [1.82, 2.24) is 4.90 Å². The molecule has 0 aliphatic rings. The molecule has 1 heterocycles. The summed E-state index contributed by atoms with van der Waals surface area (Å²) < 4.78 is 1.06. The van der Waals surface area contributed by atoms with Crippen molar-refractivity contribution < 1.29 is 4.79 Å². The summed E-state index contributed by atoms with van der Waals surface area (Å²) in [7, 11) is 0. The van der Waals surface area contributed by atoms with Gasteiger partial charge in [-0.05, 0) is 53.2 Å². The number of carbonyl (C=O) groups excluding carboxylic acids is 1. The van der Waals surface area contributed by atoms with Crippen molar-refractivity contribution in [2.24, 2.45) is 5.92 Å². The lowest BCUT2D eigenvalue weighted by Crippen LogP contribution is -2.41. The standard InChI is InChI=1S/C15H24BrNOS/c1-6-12(7-2)17(9-10(3)4)15(18)13-8-11(5)14(16)19-13/h8,10,12H,6-7,9H2,1-5H3. The summed E-state index contributed by atoms with van der Waals surface area (Å²) in [6, 6.07) is 2.34. The molecule has 2 nitrogen and oxygen atoms in total. The van der Waals surface area contributed by atoms with Crippen LogP contribution < -0.4 is 0 Å². The predicted molar refractivity (Wildman–Crippen MR) is 87.0 cm³/mol. The first-order valence-corrected chi connectivity index (χ1v) is 8.58. The molecule has 0 bridgehead atoms. The van der Waals surface area contributed by atoms with Gasteiger partial charge in [-0.15, -0.1) is 11.3 Å². The zero-order chi connectivity index (χ0) is 14.6. The predicted octanol–water partition coefficient (Wildman–Crippen LogP) is 5.11. The molecule has 0 radical (unpaired) electrons. The van der Waals surface area contributed by atoms with E-state index < -0.39 is 0 Å². The van der Waals surface area contributed by atoms with Crippen LogP contribution in [-0.4, -0.2) is 23.4 Å². The van der Waals surface area contributed by atoms with E-state index >= 15 is 0 Å². The molecular formula is C15H24BrNOS. The van der Waals surface area contributed by atoms with Crippen LogP contribution in [0.1, 0.15) is 55.8 Å². The fourth-order valence-corrected chi connectivity index (χ4v) is 3.72. The number of amides is 1. The Kier molecular flexibility index (Phi) is 6.54. The second kappa shape index (κ2) is 7.44. The molecule has 0 saturated carbocycles. The number of hydrogen-bond acceptors (Lipinski definition) is 2. The van der Waals surface area contributed by atoms with Crippen LogP contribution >= 0.6 is 27.3 Å². The van der Waals surface area contributed by atoms with E-state index in [9.17, 15) is 4.79 Å². The lowest BCUT2D eigenvalue weighted by Gasteiger charge is -2.31. The van der Waals surface area contributed by atoms with Crippen molar-refractivity contribution in [1.29, 1.82) is 0 Å². The Morgan fingerprint density at radius 3 is 2.32 bits per heavy atom. The molecule has 0 spiro atoms. The molecule has 0 fully saturated rings. The van der Waals surface area contributed by atoms with Crippen LogP contribution in [0.15, 0.2) is 9.85 Å². The minimum Gasteiger partial charge on any atom is -0.335 e. The van der Waals surface area contributed by atoms with Crippen molar-refractivity contribution in [3.63, 3.8) is 0 Å². The molecule has 0 N–H and O–H groups in total. The van der Waals surface area contributed by atoms with Gasteiger partial charge < -0.3 is 4.90 Å². The van der Waals surface area contributed by atoms with Crippen molar-refractivity contribution in [2.75, 3.05) is 6.54 Å². The van der Waals surface area contributed by atoms with Crippen molar-refractivity contribution in [3.8, 4) is 0 Å². The highest BCUT2D eigenvalue weighted by atomic mass is 79.9. The second-order valence-electron chi connectivity index (χ2n) is 5.39. The Bertz CT molecular complexity index is 404. The molecule has 0 saturated heterocycles. The van der Waals surface area contributed by atoms with Crippen molar-refractivity contribution in [3.05, 3.63) is 20.3 Å². The molecule has 1 aromatic rings. The minimum atomic E-state index is 0.182. The summed E-state index contributed by atoms with van der Waals surface area (Å²) in [5, 5.41) is 0. The molecular weight excluding hydrogens is 322 g/mol. The molecule has 0 aliphatic carbocycles. The van der Waals surface area contributed by atoms with Gasteiger partial charge in [-0.2, -0.15) is 0 Å². The number of rotatable bonds is 6. The third-order valence-electron chi connectivity index (χ3n) is 3.27. The van der Waals surface area contributed by atoms with Crippen LogP contribution in [0.2, 0.25) is 0 Å². The Morgan fingerprint density at radius 1 is 1.37 bits per heavy atom. The average molecular weight is 346 g/mol. The summed E-state index contributed by atoms with van der Waals surface area (Å²) in [4.78, 5) is 15.6. The Morgan fingerprint density at radius 2 is 1.95 bits per heavy atom. The maximum atomic E-state index is 12.7. The molecule has 0 atom stereocenters. The van der Waals surface area contributed by atoms with Gasteiger partial charge in [0.1, 0.15) is 0 Å². The number of aryl methyl sites for hydroxylation is 1. The van der Waals surface area contributed by atoms with E-state index in [-0.39, 0.29) is 5.91 Å². The highest BCUT2D eigenvalue weighted by molar-refractivity contribution is 9.11. The third-order valence-corrected chi connectivity index (χ3v) is 5.40. The molecule has 19 heavy (non-hydrogen) atoms. The monoisotopic (exact) mass is 345 g/mol. The normalized spacial score (nSPS) is 11.4. The molecule has 108 valence electrons. The minimum absolute atomic E-state index is 0.182. The van der Waals surface area contributed by atoms with E-state index in [1.165, 1.54) is 0 Å². The highest BCUT2D eigenvalue weighted by Gasteiger charge is 2.24. The van der Waals surface area contributed by atoms with Crippen LogP contribution in [0.4, 0.5) is 0 Å². The zero-order valence-electron chi connectivity index (χ0n) is 12.5. The SMILES string of the molecule is CCC(CC)N(CC(C)C)C(=O)c1cc(C)c(Br)s1. The molecule has 1 aromatic heterocycles. The van der Waals surface area contributed by atoms with E-state index in [4.69, 9.17) is 0 Å². The van der Waals surface area contributed by atoms with Gasteiger partial charge in [0.25, 0.3) is 5.91 Å². The molecule has 4 heteroatoms. The zero-order valence-corrected chi connectivity index (χ0v) is 14.9. The van der Waals surface area contributed by atoms with Crippen LogP contribution in [0.25, 0.3) is 0 Å². The first-order chi connectivity index (χ1) is 8.90. The summed E-state index contributed by atoms with van der Waals surface area (Å²) in [6.07, 6.45) is 2.03. The molecule has 0 unspecified atom stereocenters. The van der Waals surface area contributed by atoms with E-state index in [1.54, 1.807) is 11.3 Å². The fourth-order valence-electron chi connectivity index (χ4n) is 2.23. The van der Waals surface area contributed by atoms with E-state index in [0.717, 1.165) is 33.6 Å². The first-order valence-electron chi connectivity index (χ1n) is 6.97. The van der Waals surface area contributed by atoms with Gasteiger partial charge in [-0.3, -0.25) is 4.79 Å². The lowest BCUT2D eigenvalue weighted by atomic mass is 10.1. The first kappa shape index (κ1) is 16.7. The maximum Gasteiger partial charge on any atom is 0.264 e. The van der Waals surface area contributed by atoms with E-state index in [2.05, 4.69) is 48.5 Å². The molecule has 0 aliphatic heterocycles. The van der Waals surface area contributed by atoms with Gasteiger partial charge in [0, 0.05) is 12.6 Å². The number of halogens is 1. The molecule has 1 amide bonds. The summed E-state index contributed by atoms with van der Waals surface area (Å²) in [5.74, 6) is 0.676. The van der Waals surface area contributed by atoms with Crippen LogP contribution in [0, 0.1) is 12.8 Å². The van der Waals surface area contributed by atoms with Crippen LogP contribution in [0.5, 0.6) is 0 Å². The highest BCUT2D eigenvalue weighted by Crippen LogP contribution is 2.29. The van der Waals surface area contributed by atoms with Gasteiger partial charge in [-0.25, -0.2) is 0 Å². The quantitative estimate of drug-likeness (QED) is 0.701. The topological polar surface area (TPSA) is 20.3 Å². The van der Waals surface area contributed by atoms with Gasteiger partial charge in [0.2, 0.25) is 0 Å². The second-order valence-corrected chi connectivity index (χ2v) is 7.76. The number of carbonyl (C=O) groups is 1. The Labute approximate surface area is 129 Å². The van der Waals surface area contributed by atoms with Gasteiger partial charge in [0.15, 0.2) is 0 Å². The van der Waals surface area contributed by atoms with Gasteiger partial charge in [0.05, 0.1) is 8.66 Å². The molecule has 0 aromatic carbocycles. The summed E-state index contributed by atoms with van der Waals surface area (Å²) >= 11 is 5.05. The third kappa shape index (κ3) is 4.32. The largest absolute Gasteiger partial charge is 0.335 e. The number of nitrogens with zero attached hydrogens (tertiary/aromatic N) is 1. The fraction of sp³-hybridized carbons (Fsp3) is 0.667. The van der Waals surface area contributed by atoms with Gasteiger partial charge in [-0.1, -0.05) is 27.7 Å². The number of thiophene rings is 1. The Hall–Kier alpha value is -0.350. The number of hydrogen-bond donors (Lipinski definition) is 0.